The zero-order chi connectivity index (χ0) is 20.4. The average molecular weight is 404 g/mol. The SMILES string of the molecule is CC1(C)C(=O)c2cc3nccc(Nc4cc(O)c(F)cc4F)c3cc2S1(=O)=O. The van der Waals surface area contributed by atoms with Gasteiger partial charge in [0.15, 0.2) is 27.2 Å². The fraction of sp³-hybridized carbons (Fsp3) is 0.158. The van der Waals surface area contributed by atoms with Crippen molar-refractivity contribution in [2.75, 3.05) is 5.32 Å². The number of phenols is 1. The number of hydrogen-bond acceptors (Lipinski definition) is 6. The van der Waals surface area contributed by atoms with Crippen LogP contribution in [0, 0.1) is 11.6 Å². The molecule has 0 fully saturated rings. The third-order valence-electron chi connectivity index (χ3n) is 4.90. The Balaban J connectivity index is 1.92. The van der Waals surface area contributed by atoms with Crippen molar-refractivity contribution in [3.8, 4) is 5.75 Å². The summed E-state index contributed by atoms with van der Waals surface area (Å²) < 4.78 is 51.3. The molecule has 0 saturated carbocycles. The number of carbonyl (C=O) groups is 1. The molecule has 1 aromatic heterocycles. The minimum absolute atomic E-state index is 0.0627. The van der Waals surface area contributed by atoms with Crippen LogP contribution in [0.2, 0.25) is 0 Å². The van der Waals surface area contributed by atoms with Crippen molar-refractivity contribution in [1.29, 1.82) is 0 Å². The summed E-state index contributed by atoms with van der Waals surface area (Å²) in [5.74, 6) is -3.30. The fourth-order valence-corrected chi connectivity index (χ4v) is 4.80. The molecule has 2 heterocycles. The van der Waals surface area contributed by atoms with Crippen LogP contribution in [0.1, 0.15) is 24.2 Å². The monoisotopic (exact) mass is 404 g/mol. The third-order valence-corrected chi connectivity index (χ3v) is 7.35. The molecule has 0 spiro atoms. The van der Waals surface area contributed by atoms with E-state index in [2.05, 4.69) is 10.3 Å². The predicted octanol–water partition coefficient (Wildman–Crippen LogP) is 3.71. The Morgan fingerprint density at radius 1 is 1.07 bits per heavy atom. The van der Waals surface area contributed by atoms with Gasteiger partial charge in [-0.3, -0.25) is 9.78 Å². The van der Waals surface area contributed by atoms with Crippen LogP contribution in [0.15, 0.2) is 41.4 Å². The van der Waals surface area contributed by atoms with Crippen molar-refractivity contribution in [2.24, 2.45) is 0 Å². The number of aromatic nitrogens is 1. The smallest absolute Gasteiger partial charge is 0.191 e. The lowest BCUT2D eigenvalue weighted by Crippen LogP contribution is -2.33. The summed E-state index contributed by atoms with van der Waals surface area (Å²) >= 11 is 0. The van der Waals surface area contributed by atoms with E-state index in [4.69, 9.17) is 0 Å². The van der Waals surface area contributed by atoms with Crippen molar-refractivity contribution in [3.05, 3.63) is 53.7 Å². The van der Waals surface area contributed by atoms with Crippen LogP contribution in [0.3, 0.4) is 0 Å². The van der Waals surface area contributed by atoms with Crippen LogP contribution in [-0.4, -0.2) is 29.0 Å². The molecule has 0 amide bonds. The number of phenolic OH excluding ortho intramolecular Hbond substituents is 1. The Kier molecular flexibility index (Phi) is 3.73. The first-order chi connectivity index (χ1) is 13.0. The van der Waals surface area contributed by atoms with Crippen LogP contribution in [0.4, 0.5) is 20.2 Å². The number of nitrogens with one attached hydrogen (secondary N) is 1. The van der Waals surface area contributed by atoms with E-state index in [9.17, 15) is 27.1 Å². The number of anilines is 2. The van der Waals surface area contributed by atoms with Gasteiger partial charge in [-0.15, -0.1) is 0 Å². The number of rotatable bonds is 2. The molecule has 0 radical (unpaired) electrons. The van der Waals surface area contributed by atoms with Crippen LogP contribution in [-0.2, 0) is 9.84 Å². The number of aromatic hydroxyl groups is 1. The van der Waals surface area contributed by atoms with E-state index in [1.807, 2.05) is 0 Å². The summed E-state index contributed by atoms with van der Waals surface area (Å²) in [5.41, 5.74) is 0.473. The largest absolute Gasteiger partial charge is 0.505 e. The van der Waals surface area contributed by atoms with Gasteiger partial charge in [0, 0.05) is 35.0 Å². The lowest BCUT2D eigenvalue weighted by molar-refractivity contribution is 0.0959. The lowest BCUT2D eigenvalue weighted by Gasteiger charge is -2.14. The van der Waals surface area contributed by atoms with Crippen LogP contribution >= 0.6 is 0 Å². The van der Waals surface area contributed by atoms with E-state index in [0.717, 1.165) is 6.07 Å². The molecule has 4 rings (SSSR count). The summed E-state index contributed by atoms with van der Waals surface area (Å²) in [6.45, 7) is 2.69. The second-order valence-electron chi connectivity index (χ2n) is 6.98. The van der Waals surface area contributed by atoms with Crippen LogP contribution in [0.25, 0.3) is 10.9 Å². The first-order valence-electron chi connectivity index (χ1n) is 8.21. The molecule has 28 heavy (non-hydrogen) atoms. The molecule has 1 aliphatic rings. The molecule has 2 N–H and O–H groups in total. The summed E-state index contributed by atoms with van der Waals surface area (Å²) in [4.78, 5) is 16.6. The number of pyridine rings is 1. The Bertz CT molecular complexity index is 1290. The Morgan fingerprint density at radius 2 is 1.79 bits per heavy atom. The number of benzene rings is 2. The molecule has 9 heteroatoms. The molecule has 0 unspecified atom stereocenters. The van der Waals surface area contributed by atoms with Gasteiger partial charge >= 0.3 is 0 Å². The van der Waals surface area contributed by atoms with Crippen molar-refractivity contribution in [1.82, 2.24) is 4.98 Å². The highest BCUT2D eigenvalue weighted by Gasteiger charge is 2.51. The number of nitrogens with zero attached hydrogens (tertiary/aromatic N) is 1. The topological polar surface area (TPSA) is 96.4 Å². The van der Waals surface area contributed by atoms with Gasteiger partial charge in [-0.1, -0.05) is 0 Å². The van der Waals surface area contributed by atoms with E-state index in [1.165, 1.54) is 38.2 Å². The second-order valence-corrected chi connectivity index (χ2v) is 9.44. The van der Waals surface area contributed by atoms with Gasteiger partial charge in [0.1, 0.15) is 10.6 Å². The normalized spacial score (nSPS) is 16.9. The van der Waals surface area contributed by atoms with E-state index in [-0.39, 0.29) is 21.8 Å². The van der Waals surface area contributed by atoms with Gasteiger partial charge in [-0.2, -0.15) is 0 Å². The van der Waals surface area contributed by atoms with E-state index in [1.54, 1.807) is 0 Å². The molecule has 144 valence electrons. The minimum atomic E-state index is -3.90. The fourth-order valence-electron chi connectivity index (χ4n) is 3.18. The predicted molar refractivity (Wildman–Crippen MR) is 98.6 cm³/mol. The molecular formula is C19H14F2N2O4S. The number of Topliss-reactive ketones (excluding diaryl/α,β-unsaturated/α-hetero) is 1. The number of ketones is 1. The lowest BCUT2D eigenvalue weighted by atomic mass is 9.99. The van der Waals surface area contributed by atoms with Gasteiger partial charge in [0.25, 0.3) is 0 Å². The summed E-state index contributed by atoms with van der Waals surface area (Å²) in [6.07, 6.45) is 1.40. The number of carbonyl (C=O) groups excluding carboxylic acids is 1. The Hall–Kier alpha value is -3.07. The average Bonchev–Trinajstić information content (AvgIpc) is 2.76. The zero-order valence-corrected chi connectivity index (χ0v) is 15.6. The molecule has 6 nitrogen and oxygen atoms in total. The summed E-state index contributed by atoms with van der Waals surface area (Å²) in [5, 5.41) is 12.5. The minimum Gasteiger partial charge on any atom is -0.505 e. The quantitative estimate of drug-likeness (QED) is 0.676. The first kappa shape index (κ1) is 18.3. The van der Waals surface area contributed by atoms with E-state index in [0.29, 0.717) is 17.0 Å². The van der Waals surface area contributed by atoms with E-state index >= 15 is 0 Å². The van der Waals surface area contributed by atoms with E-state index < -0.39 is 37.8 Å². The molecule has 0 saturated heterocycles. The molecular weight excluding hydrogens is 390 g/mol. The Morgan fingerprint density at radius 3 is 2.50 bits per heavy atom. The second kappa shape index (κ2) is 5.71. The highest BCUT2D eigenvalue weighted by atomic mass is 32.2. The number of halogens is 2. The van der Waals surface area contributed by atoms with Crippen LogP contribution < -0.4 is 5.32 Å². The van der Waals surface area contributed by atoms with Gasteiger partial charge < -0.3 is 10.4 Å². The molecule has 1 aliphatic heterocycles. The van der Waals surface area contributed by atoms with Gasteiger partial charge in [0.05, 0.1) is 16.1 Å². The van der Waals surface area contributed by atoms with Gasteiger partial charge in [-0.25, -0.2) is 17.2 Å². The molecule has 2 aromatic carbocycles. The zero-order valence-electron chi connectivity index (χ0n) is 14.7. The number of sulfone groups is 1. The maximum atomic E-state index is 14.0. The maximum Gasteiger partial charge on any atom is 0.191 e. The molecule has 0 aliphatic carbocycles. The van der Waals surface area contributed by atoms with Crippen molar-refractivity contribution in [2.45, 2.75) is 23.5 Å². The summed E-state index contributed by atoms with van der Waals surface area (Å²) in [7, 11) is -3.90. The highest BCUT2D eigenvalue weighted by Crippen LogP contribution is 2.42. The molecule has 0 bridgehead atoms. The highest BCUT2D eigenvalue weighted by molar-refractivity contribution is 7.94. The van der Waals surface area contributed by atoms with Gasteiger partial charge in [0.2, 0.25) is 0 Å². The third kappa shape index (κ3) is 2.39. The van der Waals surface area contributed by atoms with Crippen LogP contribution in [0.5, 0.6) is 5.75 Å². The number of fused-ring (bicyclic) bond motifs is 2. The number of hydrogen-bond donors (Lipinski definition) is 2. The summed E-state index contributed by atoms with van der Waals surface area (Å²) in [6, 6.07) is 5.60. The van der Waals surface area contributed by atoms with Crippen molar-refractivity contribution in [3.63, 3.8) is 0 Å². The first-order valence-corrected chi connectivity index (χ1v) is 9.69. The van der Waals surface area contributed by atoms with Crippen molar-refractivity contribution < 1.29 is 27.1 Å². The molecule has 3 aromatic rings. The maximum absolute atomic E-state index is 14.0. The van der Waals surface area contributed by atoms with Crippen molar-refractivity contribution >= 4 is 37.9 Å². The molecule has 0 atom stereocenters. The standard InChI is InChI=1S/C19H14F2N2O4S/c1-19(2)18(25)10-5-14-9(6-17(10)28(19,26)27)13(3-4-22-14)23-15-8-16(24)12(21)7-11(15)20/h3-8,24H,1-2H3,(H,22,23). The van der Waals surface area contributed by atoms with Gasteiger partial charge in [-0.05, 0) is 32.0 Å². The Labute approximate surface area is 158 Å².